The van der Waals surface area contributed by atoms with Gasteiger partial charge in [-0.2, -0.15) is 13.2 Å². The van der Waals surface area contributed by atoms with Gasteiger partial charge in [0.05, 0.1) is 21.5 Å². The molecule has 3 N–H and O–H groups in total. The highest BCUT2D eigenvalue weighted by Crippen LogP contribution is 2.36. The monoisotopic (exact) mass is 394 g/mol. The minimum absolute atomic E-state index is 0.153. The molecule has 0 unspecified atom stereocenters. The standard InChI is InChI=1S/C16H12Cl3F3N2/c17-13-7-10(8-14(18)15(13)19)12(5-6-16(20,21)22)9-1-3-11(24-23)4-2-9/h1-5,7-8,24H,6,23H2/b12-5+. The van der Waals surface area contributed by atoms with E-state index in [-0.39, 0.29) is 15.1 Å². The number of benzene rings is 2. The van der Waals surface area contributed by atoms with Crippen LogP contribution in [0, 0.1) is 0 Å². The third-order valence-corrected chi connectivity index (χ3v) is 4.39. The Bertz CT molecular complexity index is 733. The van der Waals surface area contributed by atoms with Gasteiger partial charge in [0.15, 0.2) is 0 Å². The highest BCUT2D eigenvalue weighted by atomic mass is 35.5. The molecule has 0 aliphatic rings. The molecule has 0 spiro atoms. The molecule has 0 atom stereocenters. The number of rotatable bonds is 4. The van der Waals surface area contributed by atoms with E-state index in [2.05, 4.69) is 5.43 Å². The minimum atomic E-state index is -4.33. The summed E-state index contributed by atoms with van der Waals surface area (Å²) in [5.74, 6) is 5.30. The first-order valence-corrected chi connectivity index (χ1v) is 7.83. The summed E-state index contributed by atoms with van der Waals surface area (Å²) in [4.78, 5) is 0. The predicted octanol–water partition coefficient (Wildman–Crippen LogP) is 6.32. The molecule has 0 amide bonds. The zero-order chi connectivity index (χ0) is 17.9. The van der Waals surface area contributed by atoms with Gasteiger partial charge in [-0.05, 0) is 41.0 Å². The minimum Gasteiger partial charge on any atom is -0.324 e. The summed E-state index contributed by atoms with van der Waals surface area (Å²) in [7, 11) is 0. The molecule has 2 aromatic carbocycles. The van der Waals surface area contributed by atoms with Gasteiger partial charge in [-0.1, -0.05) is 53.0 Å². The van der Waals surface area contributed by atoms with Crippen LogP contribution in [0.1, 0.15) is 17.5 Å². The lowest BCUT2D eigenvalue weighted by molar-refractivity contribution is -0.124. The van der Waals surface area contributed by atoms with Crippen LogP contribution in [-0.2, 0) is 0 Å². The lowest BCUT2D eigenvalue weighted by Crippen LogP contribution is -2.06. The van der Waals surface area contributed by atoms with Crippen LogP contribution in [0.15, 0.2) is 42.5 Å². The van der Waals surface area contributed by atoms with Gasteiger partial charge in [0.1, 0.15) is 0 Å². The Labute approximate surface area is 152 Å². The molecular weight excluding hydrogens is 384 g/mol. The van der Waals surface area contributed by atoms with Crippen LogP contribution in [0.3, 0.4) is 0 Å². The number of nitrogen functional groups attached to an aromatic ring is 1. The van der Waals surface area contributed by atoms with E-state index in [1.807, 2.05) is 0 Å². The number of hydrogen-bond acceptors (Lipinski definition) is 2. The van der Waals surface area contributed by atoms with Gasteiger partial charge >= 0.3 is 6.18 Å². The van der Waals surface area contributed by atoms with Crippen LogP contribution in [0.2, 0.25) is 15.1 Å². The molecule has 2 nitrogen and oxygen atoms in total. The van der Waals surface area contributed by atoms with Crippen molar-refractivity contribution in [1.29, 1.82) is 0 Å². The average molecular weight is 396 g/mol. The van der Waals surface area contributed by atoms with Crippen molar-refractivity contribution < 1.29 is 13.2 Å². The highest BCUT2D eigenvalue weighted by molar-refractivity contribution is 6.48. The zero-order valence-corrected chi connectivity index (χ0v) is 14.4. The molecular formula is C16H12Cl3F3N2. The van der Waals surface area contributed by atoms with Gasteiger partial charge in [-0.3, -0.25) is 5.84 Å². The van der Waals surface area contributed by atoms with Crippen molar-refractivity contribution in [2.45, 2.75) is 12.6 Å². The number of nitrogens with one attached hydrogen (secondary N) is 1. The summed E-state index contributed by atoms with van der Waals surface area (Å²) in [6.45, 7) is 0. The Morgan fingerprint density at radius 1 is 1.00 bits per heavy atom. The Kier molecular flexibility index (Phi) is 6.04. The summed E-state index contributed by atoms with van der Waals surface area (Å²) < 4.78 is 37.9. The third kappa shape index (κ3) is 4.80. The van der Waals surface area contributed by atoms with E-state index in [0.29, 0.717) is 22.4 Å². The summed E-state index contributed by atoms with van der Waals surface area (Å²) in [6.07, 6.45) is -4.33. The van der Waals surface area contributed by atoms with Crippen LogP contribution in [0.4, 0.5) is 18.9 Å². The molecule has 0 radical (unpaired) electrons. The number of nitrogens with two attached hydrogens (primary N) is 1. The molecule has 24 heavy (non-hydrogen) atoms. The van der Waals surface area contributed by atoms with Crippen molar-refractivity contribution >= 4 is 46.1 Å². The van der Waals surface area contributed by atoms with E-state index in [4.69, 9.17) is 40.6 Å². The average Bonchev–Trinajstić information content (AvgIpc) is 2.52. The SMILES string of the molecule is NNc1ccc(/C(=C\CC(F)(F)F)c2cc(Cl)c(Cl)c(Cl)c2)cc1. The molecule has 0 heterocycles. The molecule has 0 aliphatic carbocycles. The predicted molar refractivity (Wildman–Crippen MR) is 93.5 cm³/mol. The van der Waals surface area contributed by atoms with Gasteiger partial charge in [0.2, 0.25) is 0 Å². The number of anilines is 1. The largest absolute Gasteiger partial charge is 0.392 e. The summed E-state index contributed by atoms with van der Waals surface area (Å²) >= 11 is 17.9. The fourth-order valence-electron chi connectivity index (χ4n) is 2.08. The van der Waals surface area contributed by atoms with Crippen LogP contribution < -0.4 is 11.3 Å². The molecule has 0 saturated heterocycles. The quantitative estimate of drug-likeness (QED) is 0.361. The van der Waals surface area contributed by atoms with E-state index < -0.39 is 12.6 Å². The third-order valence-electron chi connectivity index (χ3n) is 3.20. The molecule has 0 aromatic heterocycles. The smallest absolute Gasteiger partial charge is 0.324 e. The maximum atomic E-state index is 12.6. The number of alkyl halides is 3. The van der Waals surface area contributed by atoms with E-state index in [0.717, 1.165) is 6.08 Å². The lowest BCUT2D eigenvalue weighted by atomic mass is 9.96. The zero-order valence-electron chi connectivity index (χ0n) is 12.1. The number of hydrazine groups is 1. The molecule has 0 aliphatic heterocycles. The van der Waals surface area contributed by atoms with Gasteiger partial charge in [0, 0.05) is 5.69 Å². The van der Waals surface area contributed by atoms with E-state index in [1.165, 1.54) is 12.1 Å². The van der Waals surface area contributed by atoms with Crippen molar-refractivity contribution in [1.82, 2.24) is 0 Å². The fourth-order valence-corrected chi connectivity index (χ4v) is 2.67. The van der Waals surface area contributed by atoms with Gasteiger partial charge in [0.25, 0.3) is 0 Å². The Hall–Kier alpha value is -1.40. The molecule has 0 fully saturated rings. The molecule has 0 bridgehead atoms. The van der Waals surface area contributed by atoms with Crippen LogP contribution in [-0.4, -0.2) is 6.18 Å². The lowest BCUT2D eigenvalue weighted by Gasteiger charge is -2.13. The molecule has 128 valence electrons. The summed E-state index contributed by atoms with van der Waals surface area (Å²) in [5.41, 5.74) is 4.43. The van der Waals surface area contributed by atoms with Crippen LogP contribution in [0.25, 0.3) is 5.57 Å². The van der Waals surface area contributed by atoms with E-state index >= 15 is 0 Å². The molecule has 2 rings (SSSR count). The highest BCUT2D eigenvalue weighted by Gasteiger charge is 2.26. The normalized spacial score (nSPS) is 12.4. The van der Waals surface area contributed by atoms with Crippen LogP contribution in [0.5, 0.6) is 0 Å². The topological polar surface area (TPSA) is 38.0 Å². The number of allylic oxidation sites excluding steroid dienone is 1. The molecule has 2 aromatic rings. The van der Waals surface area contributed by atoms with Crippen molar-refractivity contribution in [2.75, 3.05) is 5.43 Å². The van der Waals surface area contributed by atoms with Gasteiger partial charge in [-0.15, -0.1) is 0 Å². The van der Waals surface area contributed by atoms with Gasteiger partial charge < -0.3 is 5.43 Å². The molecule has 0 saturated carbocycles. The second kappa shape index (κ2) is 7.66. The summed E-state index contributed by atoms with van der Waals surface area (Å²) in [6, 6.07) is 9.55. The fraction of sp³-hybridized carbons (Fsp3) is 0.125. The Morgan fingerprint density at radius 3 is 2.00 bits per heavy atom. The first-order valence-electron chi connectivity index (χ1n) is 6.70. The van der Waals surface area contributed by atoms with E-state index in [9.17, 15) is 13.2 Å². The first kappa shape index (κ1) is 18.9. The Balaban J connectivity index is 2.54. The van der Waals surface area contributed by atoms with Crippen LogP contribution >= 0.6 is 34.8 Å². The maximum Gasteiger partial charge on any atom is 0.392 e. The van der Waals surface area contributed by atoms with Crippen molar-refractivity contribution in [2.24, 2.45) is 5.84 Å². The second-order valence-electron chi connectivity index (χ2n) is 4.91. The first-order chi connectivity index (χ1) is 11.2. The van der Waals surface area contributed by atoms with Crippen molar-refractivity contribution in [3.63, 3.8) is 0 Å². The van der Waals surface area contributed by atoms with E-state index in [1.54, 1.807) is 24.3 Å². The maximum absolute atomic E-state index is 12.6. The van der Waals surface area contributed by atoms with Gasteiger partial charge in [-0.25, -0.2) is 0 Å². The number of hydrogen-bond donors (Lipinski definition) is 2. The summed E-state index contributed by atoms with van der Waals surface area (Å²) in [5, 5.41) is 0.481. The second-order valence-corrected chi connectivity index (χ2v) is 6.11. The number of halogens is 6. The molecule has 8 heteroatoms. The Morgan fingerprint density at radius 2 is 1.54 bits per heavy atom. The van der Waals surface area contributed by atoms with Crippen molar-refractivity contribution in [3.05, 3.63) is 68.7 Å². The van der Waals surface area contributed by atoms with Crippen molar-refractivity contribution in [3.8, 4) is 0 Å².